The van der Waals surface area contributed by atoms with Gasteiger partial charge in [-0.15, -0.1) is 0 Å². The highest BCUT2D eigenvalue weighted by molar-refractivity contribution is 5.91. The summed E-state index contributed by atoms with van der Waals surface area (Å²) in [7, 11) is 5.62. The number of aromatic carboxylic acids is 1. The summed E-state index contributed by atoms with van der Waals surface area (Å²) in [4.78, 5) is 15.7. The van der Waals surface area contributed by atoms with Crippen molar-refractivity contribution in [3.63, 3.8) is 0 Å². The van der Waals surface area contributed by atoms with Gasteiger partial charge in [0.1, 0.15) is 11.3 Å². The standard InChI is InChI=1S/C16H26N2O3/c1-5-18(10-6-9-17(2)3)12-13-7-8-15(21-4)14(11-13)16(19)20/h7-8,11H,5-6,9-10,12H2,1-4H3,(H,19,20). The van der Waals surface area contributed by atoms with E-state index >= 15 is 0 Å². The Morgan fingerprint density at radius 3 is 2.52 bits per heavy atom. The first-order valence-corrected chi connectivity index (χ1v) is 7.25. The number of ether oxygens (including phenoxy) is 1. The minimum absolute atomic E-state index is 0.222. The van der Waals surface area contributed by atoms with E-state index in [-0.39, 0.29) is 5.56 Å². The SMILES string of the molecule is CCN(CCCN(C)C)Cc1ccc(OC)c(C(=O)O)c1. The van der Waals surface area contributed by atoms with Crippen LogP contribution in [0.25, 0.3) is 0 Å². The number of rotatable bonds is 9. The van der Waals surface area contributed by atoms with E-state index < -0.39 is 5.97 Å². The molecule has 0 radical (unpaired) electrons. The summed E-state index contributed by atoms with van der Waals surface area (Å²) in [5, 5.41) is 9.22. The lowest BCUT2D eigenvalue weighted by Gasteiger charge is -2.22. The molecule has 118 valence electrons. The molecular weight excluding hydrogens is 268 g/mol. The summed E-state index contributed by atoms with van der Waals surface area (Å²) in [6.45, 7) is 5.88. The average Bonchev–Trinajstić information content (AvgIpc) is 2.45. The summed E-state index contributed by atoms with van der Waals surface area (Å²) >= 11 is 0. The summed E-state index contributed by atoms with van der Waals surface area (Å²) in [6.07, 6.45) is 1.10. The Bertz CT molecular complexity index is 461. The molecule has 0 aliphatic rings. The van der Waals surface area contributed by atoms with Crippen molar-refractivity contribution in [3.05, 3.63) is 29.3 Å². The summed E-state index contributed by atoms with van der Waals surface area (Å²) in [5.41, 5.74) is 1.22. The van der Waals surface area contributed by atoms with Crippen LogP contribution >= 0.6 is 0 Å². The summed E-state index contributed by atoms with van der Waals surface area (Å²) in [6, 6.07) is 5.36. The Kier molecular flexibility index (Phi) is 7.19. The van der Waals surface area contributed by atoms with Crippen LogP contribution in [0.2, 0.25) is 0 Å². The van der Waals surface area contributed by atoms with Gasteiger partial charge in [0.25, 0.3) is 0 Å². The summed E-state index contributed by atoms with van der Waals surface area (Å²) in [5.74, 6) is -0.550. The molecule has 5 heteroatoms. The molecule has 21 heavy (non-hydrogen) atoms. The van der Waals surface area contributed by atoms with Crippen LogP contribution in [0.15, 0.2) is 18.2 Å². The molecule has 1 aromatic carbocycles. The van der Waals surface area contributed by atoms with Crippen LogP contribution in [-0.4, -0.2) is 61.7 Å². The molecule has 5 nitrogen and oxygen atoms in total. The quantitative estimate of drug-likeness (QED) is 0.756. The lowest BCUT2D eigenvalue weighted by molar-refractivity contribution is 0.0693. The lowest BCUT2D eigenvalue weighted by atomic mass is 10.1. The molecule has 0 heterocycles. The fourth-order valence-corrected chi connectivity index (χ4v) is 2.24. The van der Waals surface area contributed by atoms with Crippen LogP contribution < -0.4 is 4.74 Å². The number of methoxy groups -OCH3 is 1. The van der Waals surface area contributed by atoms with Crippen LogP contribution in [0.4, 0.5) is 0 Å². The fourth-order valence-electron chi connectivity index (χ4n) is 2.24. The highest BCUT2D eigenvalue weighted by Gasteiger charge is 2.13. The second-order valence-corrected chi connectivity index (χ2v) is 5.37. The largest absolute Gasteiger partial charge is 0.496 e. The number of carboxylic acid groups (broad SMARTS) is 1. The zero-order chi connectivity index (χ0) is 15.8. The van der Waals surface area contributed by atoms with Gasteiger partial charge in [0.15, 0.2) is 0 Å². The highest BCUT2D eigenvalue weighted by atomic mass is 16.5. The van der Waals surface area contributed by atoms with Gasteiger partial charge in [-0.3, -0.25) is 4.90 Å². The maximum Gasteiger partial charge on any atom is 0.339 e. The molecule has 1 N–H and O–H groups in total. The van der Waals surface area contributed by atoms with Crippen molar-refractivity contribution in [1.82, 2.24) is 9.80 Å². The van der Waals surface area contributed by atoms with E-state index in [1.807, 2.05) is 6.07 Å². The molecule has 0 aromatic heterocycles. The number of hydrogen-bond donors (Lipinski definition) is 1. The number of carboxylic acids is 1. The van der Waals surface area contributed by atoms with E-state index in [2.05, 4.69) is 30.8 Å². The zero-order valence-electron chi connectivity index (χ0n) is 13.4. The van der Waals surface area contributed by atoms with Gasteiger partial charge in [0.2, 0.25) is 0 Å². The molecule has 0 saturated heterocycles. The Morgan fingerprint density at radius 1 is 1.29 bits per heavy atom. The molecule has 0 aliphatic heterocycles. The van der Waals surface area contributed by atoms with Gasteiger partial charge >= 0.3 is 5.97 Å². The monoisotopic (exact) mass is 294 g/mol. The fraction of sp³-hybridized carbons (Fsp3) is 0.562. The minimum Gasteiger partial charge on any atom is -0.496 e. The molecule has 0 unspecified atom stereocenters. The second kappa shape index (κ2) is 8.64. The number of nitrogens with zero attached hydrogens (tertiary/aromatic N) is 2. The molecule has 0 saturated carbocycles. The number of carbonyl (C=O) groups is 1. The van der Waals surface area contributed by atoms with Gasteiger partial charge in [-0.05, 0) is 57.8 Å². The molecule has 0 spiro atoms. The average molecular weight is 294 g/mol. The Hall–Kier alpha value is -1.59. The van der Waals surface area contributed by atoms with Crippen LogP contribution in [-0.2, 0) is 6.54 Å². The topological polar surface area (TPSA) is 53.0 Å². The number of benzene rings is 1. The summed E-state index contributed by atoms with van der Waals surface area (Å²) < 4.78 is 5.08. The third kappa shape index (κ3) is 5.73. The Balaban J connectivity index is 2.71. The highest BCUT2D eigenvalue weighted by Crippen LogP contribution is 2.20. The third-order valence-electron chi connectivity index (χ3n) is 3.43. The van der Waals surface area contributed by atoms with E-state index in [1.54, 1.807) is 12.1 Å². The maximum absolute atomic E-state index is 11.2. The zero-order valence-corrected chi connectivity index (χ0v) is 13.4. The molecule has 0 amide bonds. The van der Waals surface area contributed by atoms with E-state index in [0.717, 1.165) is 38.2 Å². The van der Waals surface area contributed by atoms with Gasteiger partial charge in [-0.1, -0.05) is 13.0 Å². The first-order chi connectivity index (χ1) is 9.97. The van der Waals surface area contributed by atoms with E-state index in [1.165, 1.54) is 7.11 Å². The molecule has 0 atom stereocenters. The Labute approximate surface area is 127 Å². The number of hydrogen-bond acceptors (Lipinski definition) is 4. The van der Waals surface area contributed by atoms with Gasteiger partial charge in [0, 0.05) is 6.54 Å². The normalized spacial score (nSPS) is 11.1. The maximum atomic E-state index is 11.2. The van der Waals surface area contributed by atoms with Crippen molar-refractivity contribution in [2.45, 2.75) is 19.9 Å². The molecule has 0 fully saturated rings. The molecular formula is C16H26N2O3. The van der Waals surface area contributed by atoms with E-state index in [4.69, 9.17) is 4.74 Å². The van der Waals surface area contributed by atoms with Gasteiger partial charge in [-0.25, -0.2) is 4.79 Å². The van der Waals surface area contributed by atoms with Crippen molar-refractivity contribution in [2.24, 2.45) is 0 Å². The van der Waals surface area contributed by atoms with Crippen LogP contribution in [0, 0.1) is 0 Å². The van der Waals surface area contributed by atoms with E-state index in [0.29, 0.717) is 5.75 Å². The molecule has 1 rings (SSSR count). The van der Waals surface area contributed by atoms with Crippen LogP contribution in [0.5, 0.6) is 5.75 Å². The smallest absolute Gasteiger partial charge is 0.339 e. The second-order valence-electron chi connectivity index (χ2n) is 5.37. The predicted molar refractivity (Wildman–Crippen MR) is 84.1 cm³/mol. The van der Waals surface area contributed by atoms with Crippen molar-refractivity contribution >= 4 is 5.97 Å². The Morgan fingerprint density at radius 2 is 2.00 bits per heavy atom. The van der Waals surface area contributed by atoms with Gasteiger partial charge in [0.05, 0.1) is 7.11 Å². The predicted octanol–water partition coefficient (Wildman–Crippen LogP) is 2.17. The van der Waals surface area contributed by atoms with Crippen molar-refractivity contribution in [1.29, 1.82) is 0 Å². The van der Waals surface area contributed by atoms with Crippen LogP contribution in [0.1, 0.15) is 29.3 Å². The molecule has 0 aliphatic carbocycles. The first kappa shape index (κ1) is 17.5. The molecule has 1 aromatic rings. The molecule has 0 bridgehead atoms. The minimum atomic E-state index is -0.954. The third-order valence-corrected chi connectivity index (χ3v) is 3.43. The van der Waals surface area contributed by atoms with Gasteiger partial charge in [-0.2, -0.15) is 0 Å². The van der Waals surface area contributed by atoms with Crippen molar-refractivity contribution < 1.29 is 14.6 Å². The van der Waals surface area contributed by atoms with E-state index in [9.17, 15) is 9.90 Å². The lowest BCUT2D eigenvalue weighted by Crippen LogP contribution is -2.27. The van der Waals surface area contributed by atoms with Crippen LogP contribution in [0.3, 0.4) is 0 Å². The van der Waals surface area contributed by atoms with Crippen molar-refractivity contribution in [3.8, 4) is 5.75 Å². The van der Waals surface area contributed by atoms with Crippen molar-refractivity contribution in [2.75, 3.05) is 40.8 Å². The first-order valence-electron chi connectivity index (χ1n) is 7.25. The van der Waals surface area contributed by atoms with Gasteiger partial charge < -0.3 is 14.7 Å².